The number of carbonyl (C=O) groups excluding carboxylic acids is 1. The molecule has 3 nitrogen and oxygen atoms in total. The fraction of sp³-hybridized carbons (Fsp3) is 0.125. The maximum Gasteiger partial charge on any atom is 0.267 e. The first-order valence-corrected chi connectivity index (χ1v) is 9.15. The van der Waals surface area contributed by atoms with Crippen LogP contribution in [0.2, 0.25) is 0 Å². The minimum Gasteiger partial charge on any atom is -0.297 e. The number of anilines is 1. The lowest BCUT2D eigenvalue weighted by Gasteiger charge is -1.99. The highest BCUT2D eigenvalue weighted by atomic mass is 79.9. The lowest BCUT2D eigenvalue weighted by atomic mass is 10.1. The predicted octanol–water partition coefficient (Wildman–Crippen LogP) is 5.12. The van der Waals surface area contributed by atoms with Gasteiger partial charge in [-0.05, 0) is 34.5 Å². The molecule has 22 heavy (non-hydrogen) atoms. The minimum atomic E-state index is -0.119. The lowest BCUT2D eigenvalue weighted by Crippen LogP contribution is -2.09. The lowest BCUT2D eigenvalue weighted by molar-refractivity contribution is 0.103. The summed E-state index contributed by atoms with van der Waals surface area (Å²) < 4.78 is 0.918. The quantitative estimate of drug-likeness (QED) is 0.669. The molecule has 3 rings (SSSR count). The standard InChI is InChI=1S/C16H13BrN2OS2/c1-10-2-4-11(5-3-10)6-13-8-18-16(22-13)19-15(20)14-7-12(17)9-21-14/h2-5,7-9H,6H2,1H3,(H,18,19,20). The third kappa shape index (κ3) is 3.82. The fourth-order valence-electron chi connectivity index (χ4n) is 1.94. The number of aryl methyl sites for hydroxylation is 1. The van der Waals surface area contributed by atoms with Crippen molar-refractivity contribution in [1.82, 2.24) is 4.98 Å². The number of carbonyl (C=O) groups is 1. The molecule has 0 spiro atoms. The van der Waals surface area contributed by atoms with E-state index in [1.165, 1.54) is 33.8 Å². The summed E-state index contributed by atoms with van der Waals surface area (Å²) in [5.74, 6) is -0.119. The maximum atomic E-state index is 12.1. The van der Waals surface area contributed by atoms with Crippen molar-refractivity contribution < 1.29 is 4.79 Å². The second-order valence-corrected chi connectivity index (χ2v) is 7.82. The molecule has 2 heterocycles. The molecule has 1 amide bonds. The van der Waals surface area contributed by atoms with Gasteiger partial charge in [0.15, 0.2) is 5.13 Å². The number of thiazole rings is 1. The number of thiophene rings is 1. The molecule has 3 aromatic rings. The largest absolute Gasteiger partial charge is 0.297 e. The van der Waals surface area contributed by atoms with Gasteiger partial charge in [-0.1, -0.05) is 29.8 Å². The van der Waals surface area contributed by atoms with Gasteiger partial charge in [0.25, 0.3) is 5.91 Å². The van der Waals surface area contributed by atoms with Crippen LogP contribution < -0.4 is 5.32 Å². The summed E-state index contributed by atoms with van der Waals surface area (Å²) in [6.45, 7) is 2.08. The smallest absolute Gasteiger partial charge is 0.267 e. The van der Waals surface area contributed by atoms with Crippen molar-refractivity contribution in [2.24, 2.45) is 0 Å². The van der Waals surface area contributed by atoms with Crippen LogP contribution in [0.3, 0.4) is 0 Å². The highest BCUT2D eigenvalue weighted by Gasteiger charge is 2.11. The van der Waals surface area contributed by atoms with Gasteiger partial charge in [-0.2, -0.15) is 0 Å². The molecular weight excluding hydrogens is 380 g/mol. The van der Waals surface area contributed by atoms with Crippen molar-refractivity contribution in [3.63, 3.8) is 0 Å². The number of amides is 1. The average molecular weight is 393 g/mol. The van der Waals surface area contributed by atoms with E-state index in [1.54, 1.807) is 6.07 Å². The predicted molar refractivity (Wildman–Crippen MR) is 96.1 cm³/mol. The number of halogens is 1. The van der Waals surface area contributed by atoms with Crippen molar-refractivity contribution in [2.45, 2.75) is 13.3 Å². The van der Waals surface area contributed by atoms with Crippen LogP contribution in [-0.4, -0.2) is 10.9 Å². The van der Waals surface area contributed by atoms with Gasteiger partial charge in [-0.25, -0.2) is 4.98 Å². The molecule has 6 heteroatoms. The van der Waals surface area contributed by atoms with E-state index in [4.69, 9.17) is 0 Å². The maximum absolute atomic E-state index is 12.1. The Hall–Kier alpha value is -1.50. The SMILES string of the molecule is Cc1ccc(Cc2cnc(NC(=O)c3cc(Br)cs3)s2)cc1. The summed E-state index contributed by atoms with van der Waals surface area (Å²) in [7, 11) is 0. The second-order valence-electron chi connectivity index (χ2n) is 4.88. The van der Waals surface area contributed by atoms with E-state index in [1.807, 2.05) is 11.6 Å². The molecule has 0 fully saturated rings. The first kappa shape index (κ1) is 15.4. The number of hydrogen-bond donors (Lipinski definition) is 1. The molecule has 0 aliphatic rings. The Labute approximate surface area is 145 Å². The summed E-state index contributed by atoms with van der Waals surface area (Å²) in [5.41, 5.74) is 2.50. The van der Waals surface area contributed by atoms with Gasteiger partial charge in [0.1, 0.15) is 0 Å². The van der Waals surface area contributed by atoms with Crippen LogP contribution in [0.15, 0.2) is 46.4 Å². The highest BCUT2D eigenvalue weighted by molar-refractivity contribution is 9.10. The van der Waals surface area contributed by atoms with Crippen molar-refractivity contribution in [1.29, 1.82) is 0 Å². The zero-order valence-electron chi connectivity index (χ0n) is 11.8. The Morgan fingerprint density at radius 3 is 2.77 bits per heavy atom. The van der Waals surface area contributed by atoms with Crippen LogP contribution in [0.4, 0.5) is 5.13 Å². The summed E-state index contributed by atoms with van der Waals surface area (Å²) in [5, 5.41) is 5.37. The summed E-state index contributed by atoms with van der Waals surface area (Å²) >= 11 is 6.27. The molecule has 0 unspecified atom stereocenters. The van der Waals surface area contributed by atoms with Crippen molar-refractivity contribution >= 4 is 49.6 Å². The fourth-order valence-corrected chi connectivity index (χ4v) is 4.11. The average Bonchev–Trinajstić information content (AvgIpc) is 3.11. The number of aromatic nitrogens is 1. The number of nitrogens with zero attached hydrogens (tertiary/aromatic N) is 1. The van der Waals surface area contributed by atoms with Crippen LogP contribution in [0.25, 0.3) is 0 Å². The third-order valence-electron chi connectivity index (χ3n) is 3.06. The monoisotopic (exact) mass is 392 g/mol. The first-order valence-electron chi connectivity index (χ1n) is 6.66. The first-order chi connectivity index (χ1) is 10.6. The number of benzene rings is 1. The van der Waals surface area contributed by atoms with E-state index in [-0.39, 0.29) is 5.91 Å². The Morgan fingerprint density at radius 1 is 1.32 bits per heavy atom. The van der Waals surface area contributed by atoms with Gasteiger partial charge in [-0.15, -0.1) is 22.7 Å². The number of nitrogens with one attached hydrogen (secondary N) is 1. The van der Waals surface area contributed by atoms with Crippen LogP contribution in [0.5, 0.6) is 0 Å². The van der Waals surface area contributed by atoms with Crippen LogP contribution in [-0.2, 0) is 6.42 Å². The van der Waals surface area contributed by atoms with E-state index < -0.39 is 0 Å². The minimum absolute atomic E-state index is 0.119. The van der Waals surface area contributed by atoms with E-state index in [9.17, 15) is 4.79 Å². The molecule has 0 atom stereocenters. The summed E-state index contributed by atoms with van der Waals surface area (Å²) in [6, 6.07) is 10.3. The van der Waals surface area contributed by atoms with E-state index in [0.717, 1.165) is 15.8 Å². The zero-order chi connectivity index (χ0) is 15.5. The van der Waals surface area contributed by atoms with Gasteiger partial charge < -0.3 is 0 Å². The van der Waals surface area contributed by atoms with Crippen molar-refractivity contribution in [3.8, 4) is 0 Å². The van der Waals surface area contributed by atoms with Gasteiger partial charge in [0, 0.05) is 27.3 Å². The Balaban J connectivity index is 1.66. The molecule has 0 saturated carbocycles. The van der Waals surface area contributed by atoms with Gasteiger partial charge in [-0.3, -0.25) is 10.1 Å². The van der Waals surface area contributed by atoms with Crippen molar-refractivity contribution in [2.75, 3.05) is 5.32 Å². The highest BCUT2D eigenvalue weighted by Crippen LogP contribution is 2.24. The molecule has 2 aromatic heterocycles. The molecule has 0 saturated heterocycles. The molecule has 0 aliphatic carbocycles. The number of hydrogen-bond acceptors (Lipinski definition) is 4. The van der Waals surface area contributed by atoms with Crippen LogP contribution in [0, 0.1) is 6.92 Å². The molecule has 0 radical (unpaired) electrons. The van der Waals surface area contributed by atoms with E-state index >= 15 is 0 Å². The molecule has 1 aromatic carbocycles. The Kier molecular flexibility index (Phi) is 4.71. The molecule has 1 N–H and O–H groups in total. The summed E-state index contributed by atoms with van der Waals surface area (Å²) in [6.07, 6.45) is 2.66. The van der Waals surface area contributed by atoms with Gasteiger partial charge in [0.05, 0.1) is 4.88 Å². The molecule has 112 valence electrons. The number of rotatable bonds is 4. The van der Waals surface area contributed by atoms with Gasteiger partial charge >= 0.3 is 0 Å². The summed E-state index contributed by atoms with van der Waals surface area (Å²) in [4.78, 5) is 18.2. The van der Waals surface area contributed by atoms with E-state index in [0.29, 0.717) is 10.0 Å². The Morgan fingerprint density at radius 2 is 2.09 bits per heavy atom. The van der Waals surface area contributed by atoms with E-state index in [2.05, 4.69) is 57.4 Å². The van der Waals surface area contributed by atoms with Crippen LogP contribution in [0.1, 0.15) is 25.7 Å². The third-order valence-corrected chi connectivity index (χ3v) is 5.67. The second kappa shape index (κ2) is 6.73. The normalized spacial score (nSPS) is 10.6. The Bertz CT molecular complexity index is 793. The van der Waals surface area contributed by atoms with Crippen LogP contribution >= 0.6 is 38.6 Å². The molecule has 0 bridgehead atoms. The zero-order valence-corrected chi connectivity index (χ0v) is 15.0. The van der Waals surface area contributed by atoms with Crippen molar-refractivity contribution in [3.05, 3.63) is 67.3 Å². The molecular formula is C16H13BrN2OS2. The topological polar surface area (TPSA) is 42.0 Å². The molecule has 0 aliphatic heterocycles. The van der Waals surface area contributed by atoms with Gasteiger partial charge in [0.2, 0.25) is 0 Å².